The number of aliphatic hydroxyl groups excluding tert-OH is 1. The van der Waals surface area contributed by atoms with E-state index in [-0.39, 0.29) is 18.3 Å². The van der Waals surface area contributed by atoms with Gasteiger partial charge in [-0.3, -0.25) is 0 Å². The van der Waals surface area contributed by atoms with Crippen LogP contribution < -0.4 is 0 Å². The Morgan fingerprint density at radius 1 is 0.882 bits per heavy atom. The van der Waals surface area contributed by atoms with Crippen molar-refractivity contribution in [2.45, 2.75) is 54.9 Å². The lowest BCUT2D eigenvalue weighted by atomic mass is 9.60. The fourth-order valence-corrected chi connectivity index (χ4v) is 4.06. The molecule has 17 heavy (non-hydrogen) atoms. The topological polar surface area (TPSA) is 66.4 Å². The van der Waals surface area contributed by atoms with Crippen molar-refractivity contribution in [2.24, 2.45) is 0 Å². The van der Waals surface area contributed by atoms with Gasteiger partial charge in [0, 0.05) is 12.8 Å². The molecule has 0 aromatic carbocycles. The van der Waals surface area contributed by atoms with Crippen molar-refractivity contribution in [3.63, 3.8) is 0 Å². The number of rotatable bonds is 0. The lowest BCUT2D eigenvalue weighted by Gasteiger charge is -2.71. The van der Waals surface area contributed by atoms with Gasteiger partial charge in [0.2, 0.25) is 0 Å². The van der Waals surface area contributed by atoms with Crippen LogP contribution in [0.4, 0.5) is 0 Å². The summed E-state index contributed by atoms with van der Waals surface area (Å²) in [6.07, 6.45) is 0.172. The van der Waals surface area contributed by atoms with E-state index < -0.39 is 23.8 Å². The Morgan fingerprint density at radius 3 is 1.82 bits per heavy atom. The summed E-state index contributed by atoms with van der Waals surface area (Å²) in [4.78, 5) is 0. The fourth-order valence-electron chi connectivity index (χ4n) is 4.06. The zero-order valence-electron chi connectivity index (χ0n) is 9.20. The second-order valence-electron chi connectivity index (χ2n) is 5.52. The lowest BCUT2D eigenvalue weighted by molar-refractivity contribution is -0.546. The summed E-state index contributed by atoms with van der Waals surface area (Å²) in [5.74, 6) is 0. The van der Waals surface area contributed by atoms with Gasteiger partial charge >= 0.3 is 0 Å². The van der Waals surface area contributed by atoms with E-state index in [0.717, 1.165) is 12.8 Å². The van der Waals surface area contributed by atoms with Crippen LogP contribution in [0.1, 0.15) is 12.8 Å². The third-order valence-electron chi connectivity index (χ3n) is 4.96. The van der Waals surface area contributed by atoms with Crippen LogP contribution in [0.15, 0.2) is 0 Å². The summed E-state index contributed by atoms with van der Waals surface area (Å²) in [5.41, 5.74) is -1.03. The summed E-state index contributed by atoms with van der Waals surface area (Å²) in [6.45, 7) is 0.722. The number of hydrogen-bond donors (Lipinski definition) is 1. The molecule has 0 aromatic heterocycles. The third-order valence-corrected chi connectivity index (χ3v) is 4.96. The second kappa shape index (κ2) is 2.68. The van der Waals surface area contributed by atoms with E-state index >= 15 is 0 Å². The van der Waals surface area contributed by atoms with Crippen LogP contribution in [0.5, 0.6) is 0 Å². The molecule has 5 heterocycles. The largest absolute Gasteiger partial charge is 0.387 e. The Labute approximate surface area is 97.7 Å². The molecule has 1 saturated carbocycles. The zero-order valence-corrected chi connectivity index (χ0v) is 9.20. The van der Waals surface area contributed by atoms with Crippen molar-refractivity contribution in [3.05, 3.63) is 0 Å². The summed E-state index contributed by atoms with van der Waals surface area (Å²) >= 11 is 0. The highest BCUT2D eigenvalue weighted by molar-refractivity contribution is 5.24. The van der Waals surface area contributed by atoms with Gasteiger partial charge in [0.1, 0.15) is 35.6 Å². The molecule has 1 aliphatic carbocycles. The van der Waals surface area contributed by atoms with Gasteiger partial charge in [-0.15, -0.1) is 0 Å². The molecular weight excluding hydrogens is 228 g/mol. The van der Waals surface area contributed by atoms with Crippen molar-refractivity contribution in [1.82, 2.24) is 0 Å². The molecule has 0 aromatic rings. The van der Waals surface area contributed by atoms with Gasteiger partial charge in [-0.25, -0.2) is 0 Å². The van der Waals surface area contributed by atoms with Gasteiger partial charge in [-0.1, -0.05) is 0 Å². The molecule has 6 nitrogen and oxygen atoms in total. The molecule has 5 saturated heterocycles. The molecule has 94 valence electrons. The first-order valence-corrected chi connectivity index (χ1v) is 6.19. The van der Waals surface area contributed by atoms with Gasteiger partial charge < -0.3 is 28.8 Å². The maximum Gasteiger partial charge on any atom is 0.273 e. The second-order valence-corrected chi connectivity index (χ2v) is 5.52. The van der Waals surface area contributed by atoms with Gasteiger partial charge in [0.05, 0.1) is 13.2 Å². The Balaban J connectivity index is 1.66. The number of hydrogen-bond acceptors (Lipinski definition) is 6. The van der Waals surface area contributed by atoms with Crippen molar-refractivity contribution < 1.29 is 28.8 Å². The predicted octanol–water partition coefficient (Wildman–Crippen LogP) is -0.855. The van der Waals surface area contributed by atoms with Crippen molar-refractivity contribution >= 4 is 0 Å². The maximum absolute atomic E-state index is 10.4. The molecule has 1 N–H and O–H groups in total. The predicted molar refractivity (Wildman–Crippen MR) is 51.0 cm³/mol. The molecule has 6 rings (SSSR count). The van der Waals surface area contributed by atoms with Crippen LogP contribution in [-0.4, -0.2) is 60.4 Å². The SMILES string of the molecule is OC1[C@H]2OC3OC([C@@]4(CCO4)[C@H]1O3)[C@]21CCO1. The first-order valence-electron chi connectivity index (χ1n) is 6.19. The van der Waals surface area contributed by atoms with E-state index in [1.165, 1.54) is 0 Å². The van der Waals surface area contributed by atoms with Gasteiger partial charge in [0.25, 0.3) is 6.48 Å². The Morgan fingerprint density at radius 2 is 1.41 bits per heavy atom. The Kier molecular flexibility index (Phi) is 1.53. The highest BCUT2D eigenvalue weighted by Gasteiger charge is 2.78. The van der Waals surface area contributed by atoms with E-state index in [9.17, 15) is 5.11 Å². The molecule has 4 bridgehead atoms. The van der Waals surface area contributed by atoms with Crippen molar-refractivity contribution in [3.8, 4) is 0 Å². The molecule has 6 heteroatoms. The third kappa shape index (κ3) is 0.836. The van der Waals surface area contributed by atoms with Gasteiger partial charge in [-0.05, 0) is 0 Å². The molecule has 2 spiro atoms. The highest BCUT2D eigenvalue weighted by atomic mass is 16.9. The molecule has 6 aliphatic rings. The van der Waals surface area contributed by atoms with Gasteiger partial charge in [0.15, 0.2) is 0 Å². The van der Waals surface area contributed by atoms with Gasteiger partial charge in [-0.2, -0.15) is 0 Å². The number of aliphatic hydroxyl groups is 1. The van der Waals surface area contributed by atoms with Crippen LogP contribution >= 0.6 is 0 Å². The molecule has 0 amide bonds. The Hall–Kier alpha value is -0.240. The molecule has 3 unspecified atom stereocenters. The normalized spacial score (nSPS) is 67.2. The van der Waals surface area contributed by atoms with Crippen molar-refractivity contribution in [1.29, 1.82) is 0 Å². The summed E-state index contributed by atoms with van der Waals surface area (Å²) in [6, 6.07) is 0. The summed E-state index contributed by atoms with van der Waals surface area (Å²) in [7, 11) is 0. The molecule has 7 atom stereocenters. The lowest BCUT2D eigenvalue weighted by Crippen LogP contribution is -2.89. The quantitative estimate of drug-likeness (QED) is 0.596. The van der Waals surface area contributed by atoms with Crippen LogP contribution in [0.3, 0.4) is 0 Å². The smallest absolute Gasteiger partial charge is 0.273 e. The van der Waals surface area contributed by atoms with Crippen LogP contribution in [0.2, 0.25) is 0 Å². The van der Waals surface area contributed by atoms with E-state index in [4.69, 9.17) is 23.7 Å². The average Bonchev–Trinajstić information content (AvgIpc) is 2.20. The molecular formula is C11H14O6. The number of ether oxygens (including phenoxy) is 5. The Bertz CT molecular complexity index is 344. The first-order chi connectivity index (χ1) is 8.26. The monoisotopic (exact) mass is 242 g/mol. The summed E-state index contributed by atoms with van der Waals surface area (Å²) in [5, 5.41) is 10.4. The molecule has 5 aliphatic heterocycles. The fraction of sp³-hybridized carbons (Fsp3) is 1.00. The van der Waals surface area contributed by atoms with Crippen molar-refractivity contribution in [2.75, 3.05) is 13.2 Å². The minimum atomic E-state index is -0.688. The minimum Gasteiger partial charge on any atom is -0.387 e. The molecule has 0 radical (unpaired) electrons. The first kappa shape index (κ1) is 9.66. The summed E-state index contributed by atoms with van der Waals surface area (Å²) < 4.78 is 28.4. The van der Waals surface area contributed by atoms with E-state index in [1.807, 2.05) is 0 Å². The minimum absolute atomic E-state index is 0.164. The van der Waals surface area contributed by atoms with E-state index in [1.54, 1.807) is 0 Å². The van der Waals surface area contributed by atoms with E-state index in [2.05, 4.69) is 0 Å². The zero-order chi connectivity index (χ0) is 11.3. The molecule has 6 fully saturated rings. The average molecular weight is 242 g/mol. The highest BCUT2D eigenvalue weighted by Crippen LogP contribution is 2.59. The van der Waals surface area contributed by atoms with Crippen LogP contribution in [0, 0.1) is 0 Å². The van der Waals surface area contributed by atoms with Crippen LogP contribution in [0.25, 0.3) is 0 Å². The standard InChI is InChI=1S/C11H14O6/c12-5-6-10(1-3-13-10)8-11(2-4-14-11)7(5)16-9(15-6)17-8/h5-9,12H,1-4H2/t5?,6-,7+,8?,9?,10+,11-. The van der Waals surface area contributed by atoms with E-state index in [0.29, 0.717) is 13.2 Å². The van der Waals surface area contributed by atoms with Crippen LogP contribution in [-0.2, 0) is 23.7 Å². The maximum atomic E-state index is 10.4.